The number of rotatable bonds is 3. The minimum Gasteiger partial charge on any atom is -0.504 e. The Bertz CT molecular complexity index is 588. The van der Waals surface area contributed by atoms with E-state index in [0.29, 0.717) is 12.0 Å². The van der Waals surface area contributed by atoms with Gasteiger partial charge in [0.05, 0.1) is 12.7 Å². The number of carbonyl (C=O) groups excluding carboxylic acids is 1. The number of phenolic OH excluding ortho intramolecular Hbond substituents is 1. The number of benzene rings is 2. The molecule has 0 aliphatic rings. The van der Waals surface area contributed by atoms with Crippen molar-refractivity contribution in [2.75, 3.05) is 7.11 Å². The second-order valence-electron chi connectivity index (χ2n) is 4.10. The van der Waals surface area contributed by atoms with Crippen molar-refractivity contribution >= 4 is 6.29 Å². The van der Waals surface area contributed by atoms with Crippen LogP contribution in [0.1, 0.15) is 15.9 Å². The number of phenols is 1. The molecule has 0 unspecified atom stereocenters. The predicted octanol–water partition coefficient (Wildman–Crippen LogP) is 3.19. The zero-order valence-corrected chi connectivity index (χ0v) is 10.3. The van der Waals surface area contributed by atoms with Crippen LogP contribution in [0, 0.1) is 6.92 Å². The lowest BCUT2D eigenvalue weighted by atomic mass is 10.0. The van der Waals surface area contributed by atoms with Crippen LogP contribution in [0.3, 0.4) is 0 Å². The van der Waals surface area contributed by atoms with Crippen molar-refractivity contribution in [1.29, 1.82) is 0 Å². The van der Waals surface area contributed by atoms with E-state index in [1.165, 1.54) is 7.11 Å². The fourth-order valence-electron chi connectivity index (χ4n) is 1.87. The van der Waals surface area contributed by atoms with Gasteiger partial charge in [-0.1, -0.05) is 29.8 Å². The Morgan fingerprint density at radius 3 is 2.56 bits per heavy atom. The number of hydrogen-bond donors (Lipinski definition) is 1. The Labute approximate surface area is 106 Å². The van der Waals surface area contributed by atoms with Crippen molar-refractivity contribution in [2.45, 2.75) is 6.92 Å². The number of carbonyl (C=O) groups is 1. The maximum atomic E-state index is 10.9. The van der Waals surface area contributed by atoms with Gasteiger partial charge in [-0.05, 0) is 30.2 Å². The van der Waals surface area contributed by atoms with Crippen molar-refractivity contribution in [3.8, 4) is 22.6 Å². The molecule has 3 nitrogen and oxygen atoms in total. The first-order chi connectivity index (χ1) is 8.65. The first-order valence-corrected chi connectivity index (χ1v) is 5.59. The van der Waals surface area contributed by atoms with Gasteiger partial charge in [0.25, 0.3) is 0 Å². The average Bonchev–Trinajstić information content (AvgIpc) is 2.39. The van der Waals surface area contributed by atoms with Crippen LogP contribution in [0.15, 0.2) is 36.4 Å². The molecule has 0 aromatic heterocycles. The van der Waals surface area contributed by atoms with Gasteiger partial charge in [0, 0.05) is 0 Å². The van der Waals surface area contributed by atoms with Gasteiger partial charge < -0.3 is 9.84 Å². The molecule has 0 atom stereocenters. The summed E-state index contributed by atoms with van der Waals surface area (Å²) in [6.07, 6.45) is 0.622. The summed E-state index contributed by atoms with van der Waals surface area (Å²) in [6, 6.07) is 11.3. The highest BCUT2D eigenvalue weighted by atomic mass is 16.5. The predicted molar refractivity (Wildman–Crippen MR) is 70.2 cm³/mol. The normalized spacial score (nSPS) is 10.1. The maximum Gasteiger partial charge on any atom is 0.168 e. The Hall–Kier alpha value is -2.29. The number of ether oxygens (including phenoxy) is 1. The molecular formula is C15H14O3. The SMILES string of the molecule is COc1cc(-c2cccc(C)c2)cc(C=O)c1O. The van der Waals surface area contributed by atoms with Gasteiger partial charge in [0.2, 0.25) is 0 Å². The summed E-state index contributed by atoms with van der Waals surface area (Å²) in [6.45, 7) is 2.00. The van der Waals surface area contributed by atoms with Crippen molar-refractivity contribution in [3.05, 3.63) is 47.5 Å². The Morgan fingerprint density at radius 1 is 1.17 bits per heavy atom. The van der Waals surface area contributed by atoms with Gasteiger partial charge >= 0.3 is 0 Å². The molecule has 0 fully saturated rings. The number of hydrogen-bond acceptors (Lipinski definition) is 3. The monoisotopic (exact) mass is 242 g/mol. The van der Waals surface area contributed by atoms with Crippen LogP contribution < -0.4 is 4.74 Å². The fourth-order valence-corrected chi connectivity index (χ4v) is 1.87. The van der Waals surface area contributed by atoms with Crippen molar-refractivity contribution < 1.29 is 14.6 Å². The van der Waals surface area contributed by atoms with Gasteiger partial charge in [-0.15, -0.1) is 0 Å². The highest BCUT2D eigenvalue weighted by molar-refractivity contribution is 5.85. The van der Waals surface area contributed by atoms with Gasteiger partial charge in [-0.25, -0.2) is 0 Å². The summed E-state index contributed by atoms with van der Waals surface area (Å²) in [4.78, 5) is 10.9. The average molecular weight is 242 g/mol. The van der Waals surface area contributed by atoms with Crippen molar-refractivity contribution in [1.82, 2.24) is 0 Å². The minimum absolute atomic E-state index is 0.121. The largest absolute Gasteiger partial charge is 0.504 e. The van der Waals surface area contributed by atoms with Gasteiger partial charge in [-0.2, -0.15) is 0 Å². The molecule has 0 saturated carbocycles. The molecule has 0 saturated heterocycles. The maximum absolute atomic E-state index is 10.9. The lowest BCUT2D eigenvalue weighted by Gasteiger charge is -2.09. The summed E-state index contributed by atoms with van der Waals surface area (Å²) in [5.74, 6) is 0.181. The molecule has 0 aliphatic carbocycles. The molecule has 0 radical (unpaired) electrons. The van der Waals surface area contributed by atoms with Crippen LogP contribution in [-0.4, -0.2) is 18.5 Å². The molecule has 2 aromatic carbocycles. The van der Waals surface area contributed by atoms with Crippen LogP contribution >= 0.6 is 0 Å². The highest BCUT2D eigenvalue weighted by Crippen LogP contribution is 2.34. The van der Waals surface area contributed by atoms with Crippen LogP contribution in [0.5, 0.6) is 11.5 Å². The molecule has 2 aromatic rings. The third-order valence-electron chi connectivity index (χ3n) is 2.80. The van der Waals surface area contributed by atoms with Crippen LogP contribution in [0.25, 0.3) is 11.1 Å². The summed E-state index contributed by atoms with van der Waals surface area (Å²) in [7, 11) is 1.46. The van der Waals surface area contributed by atoms with E-state index in [9.17, 15) is 9.90 Å². The van der Waals surface area contributed by atoms with Crippen molar-refractivity contribution in [3.63, 3.8) is 0 Å². The lowest BCUT2D eigenvalue weighted by Crippen LogP contribution is -1.91. The first kappa shape index (κ1) is 12.2. The topological polar surface area (TPSA) is 46.5 Å². The molecule has 0 aliphatic heterocycles. The number of methoxy groups -OCH3 is 1. The van der Waals surface area contributed by atoms with E-state index in [-0.39, 0.29) is 11.3 Å². The van der Waals surface area contributed by atoms with Crippen LogP contribution in [-0.2, 0) is 0 Å². The van der Waals surface area contributed by atoms with E-state index in [2.05, 4.69) is 0 Å². The Balaban J connectivity index is 2.61. The number of aldehydes is 1. The highest BCUT2D eigenvalue weighted by Gasteiger charge is 2.11. The number of aryl methyl sites for hydroxylation is 1. The van der Waals surface area contributed by atoms with Crippen molar-refractivity contribution in [2.24, 2.45) is 0 Å². The molecule has 18 heavy (non-hydrogen) atoms. The molecule has 0 spiro atoms. The van der Waals surface area contributed by atoms with E-state index in [1.807, 2.05) is 31.2 Å². The lowest BCUT2D eigenvalue weighted by molar-refractivity contribution is 0.112. The van der Waals surface area contributed by atoms with E-state index in [4.69, 9.17) is 4.74 Å². The molecule has 0 bridgehead atoms. The molecule has 1 N–H and O–H groups in total. The number of aromatic hydroxyl groups is 1. The summed E-state index contributed by atoms with van der Waals surface area (Å²) in [5.41, 5.74) is 3.19. The Kier molecular flexibility index (Phi) is 3.33. The molecular weight excluding hydrogens is 228 g/mol. The zero-order valence-electron chi connectivity index (χ0n) is 10.3. The molecule has 2 rings (SSSR count). The van der Waals surface area contributed by atoms with Crippen LogP contribution in [0.2, 0.25) is 0 Å². The molecule has 0 heterocycles. The second kappa shape index (κ2) is 4.92. The summed E-state index contributed by atoms with van der Waals surface area (Å²) < 4.78 is 5.07. The third kappa shape index (κ3) is 2.20. The summed E-state index contributed by atoms with van der Waals surface area (Å²) in [5, 5.41) is 9.76. The van der Waals surface area contributed by atoms with Gasteiger partial charge in [0.1, 0.15) is 0 Å². The van der Waals surface area contributed by atoms with Crippen LogP contribution in [0.4, 0.5) is 0 Å². The fraction of sp³-hybridized carbons (Fsp3) is 0.133. The van der Waals surface area contributed by atoms with E-state index in [0.717, 1.165) is 16.7 Å². The van der Waals surface area contributed by atoms with Gasteiger partial charge in [0.15, 0.2) is 17.8 Å². The van der Waals surface area contributed by atoms with E-state index >= 15 is 0 Å². The minimum atomic E-state index is -0.121. The van der Waals surface area contributed by atoms with E-state index in [1.54, 1.807) is 12.1 Å². The standard InChI is InChI=1S/C15H14O3/c1-10-4-3-5-11(6-10)12-7-13(9-16)15(17)14(8-12)18-2/h3-9,17H,1-2H3. The molecule has 92 valence electrons. The third-order valence-corrected chi connectivity index (χ3v) is 2.80. The molecule has 3 heteroatoms. The van der Waals surface area contributed by atoms with E-state index < -0.39 is 0 Å². The van der Waals surface area contributed by atoms with Gasteiger partial charge in [-0.3, -0.25) is 4.79 Å². The molecule has 0 amide bonds. The second-order valence-corrected chi connectivity index (χ2v) is 4.10. The smallest absolute Gasteiger partial charge is 0.168 e. The summed E-state index contributed by atoms with van der Waals surface area (Å²) >= 11 is 0. The quantitative estimate of drug-likeness (QED) is 0.841. The first-order valence-electron chi connectivity index (χ1n) is 5.59. The zero-order chi connectivity index (χ0) is 13.1. The Morgan fingerprint density at radius 2 is 1.94 bits per heavy atom.